The summed E-state index contributed by atoms with van der Waals surface area (Å²) in [6.45, 7) is 2.30. The van der Waals surface area contributed by atoms with E-state index in [1.165, 1.54) is 0 Å². The Morgan fingerprint density at radius 3 is 1.94 bits per heavy atom. The minimum absolute atomic E-state index is 0.0484. The Bertz CT molecular complexity index is 290. The van der Waals surface area contributed by atoms with Crippen molar-refractivity contribution in [1.82, 2.24) is 0 Å². The summed E-state index contributed by atoms with van der Waals surface area (Å²) in [6, 6.07) is -0.565. The molecule has 0 saturated heterocycles. The molecule has 1 atom stereocenters. The highest BCUT2D eigenvalue weighted by molar-refractivity contribution is 5.90. The molecule has 0 aliphatic carbocycles. The molecule has 1 unspecified atom stereocenters. The molecule has 0 aromatic heterocycles. The third kappa shape index (κ3) is 8.08. The van der Waals surface area contributed by atoms with Crippen molar-refractivity contribution in [2.75, 3.05) is 6.54 Å². The van der Waals surface area contributed by atoms with Crippen LogP contribution in [-0.4, -0.2) is 29.9 Å². The summed E-state index contributed by atoms with van der Waals surface area (Å²) >= 11 is 0. The minimum atomic E-state index is -0.565. The summed E-state index contributed by atoms with van der Waals surface area (Å²) in [5.41, 5.74) is 10.9. The fourth-order valence-corrected chi connectivity index (χ4v) is 1.60. The fourth-order valence-electron chi connectivity index (χ4n) is 1.60. The topological polar surface area (TPSA) is 103 Å². The zero-order chi connectivity index (χ0) is 14.0. The van der Waals surface area contributed by atoms with Gasteiger partial charge < -0.3 is 11.5 Å². The van der Waals surface area contributed by atoms with Crippen LogP contribution in [0.25, 0.3) is 0 Å². The monoisotopic (exact) mass is 256 g/mol. The van der Waals surface area contributed by atoms with Crippen molar-refractivity contribution < 1.29 is 14.4 Å². The lowest BCUT2D eigenvalue weighted by molar-refractivity contribution is -0.126. The highest BCUT2D eigenvalue weighted by Crippen LogP contribution is 2.04. The van der Waals surface area contributed by atoms with Gasteiger partial charge in [0, 0.05) is 32.1 Å². The van der Waals surface area contributed by atoms with Gasteiger partial charge in [0.15, 0.2) is 0 Å². The van der Waals surface area contributed by atoms with Crippen LogP contribution in [-0.2, 0) is 14.4 Å². The summed E-state index contributed by atoms with van der Waals surface area (Å²) in [4.78, 5) is 34.2. The second-order valence-electron chi connectivity index (χ2n) is 4.48. The van der Waals surface area contributed by atoms with E-state index >= 15 is 0 Å². The van der Waals surface area contributed by atoms with Crippen LogP contribution in [0, 0.1) is 0 Å². The van der Waals surface area contributed by atoms with Gasteiger partial charge in [-0.3, -0.25) is 14.4 Å². The Hall–Kier alpha value is -1.07. The number of carbonyl (C=O) groups excluding carboxylic acids is 3. The number of nitrogens with two attached hydrogens (primary N) is 2. The first-order chi connectivity index (χ1) is 8.51. The van der Waals surface area contributed by atoms with Crippen molar-refractivity contribution in [2.45, 2.75) is 57.9 Å². The maximum absolute atomic E-state index is 11.5. The summed E-state index contributed by atoms with van der Waals surface area (Å²) in [7, 11) is 0. The Kier molecular flexibility index (Phi) is 9.32. The molecule has 0 aliphatic rings. The van der Waals surface area contributed by atoms with E-state index in [4.69, 9.17) is 11.5 Å². The zero-order valence-corrected chi connectivity index (χ0v) is 11.1. The van der Waals surface area contributed by atoms with E-state index in [9.17, 15) is 14.4 Å². The van der Waals surface area contributed by atoms with Gasteiger partial charge in [0.1, 0.15) is 17.3 Å². The molecule has 0 aliphatic heterocycles. The molecule has 5 nitrogen and oxygen atoms in total. The van der Waals surface area contributed by atoms with Crippen molar-refractivity contribution in [2.24, 2.45) is 11.5 Å². The zero-order valence-electron chi connectivity index (χ0n) is 11.1. The lowest BCUT2D eigenvalue weighted by Gasteiger charge is -2.08. The molecule has 0 aromatic rings. The van der Waals surface area contributed by atoms with Gasteiger partial charge in [0.2, 0.25) is 0 Å². The van der Waals surface area contributed by atoms with Crippen LogP contribution in [0.4, 0.5) is 0 Å². The van der Waals surface area contributed by atoms with Gasteiger partial charge in [-0.2, -0.15) is 0 Å². The maximum Gasteiger partial charge on any atom is 0.150 e. The van der Waals surface area contributed by atoms with Gasteiger partial charge in [-0.15, -0.1) is 0 Å². The molecule has 0 radical (unpaired) electrons. The quantitative estimate of drug-likeness (QED) is 0.567. The van der Waals surface area contributed by atoms with Gasteiger partial charge in [0.05, 0.1) is 6.04 Å². The van der Waals surface area contributed by atoms with E-state index in [0.29, 0.717) is 19.4 Å². The maximum atomic E-state index is 11.5. The average Bonchev–Trinajstić information content (AvgIpc) is 2.34. The van der Waals surface area contributed by atoms with Crippen LogP contribution in [0.1, 0.15) is 51.9 Å². The summed E-state index contributed by atoms with van der Waals surface area (Å²) in [5.74, 6) is -0.0709. The minimum Gasteiger partial charge on any atom is -0.330 e. The first kappa shape index (κ1) is 16.9. The third-order valence-corrected chi connectivity index (χ3v) is 2.75. The fraction of sp³-hybridized carbons (Fsp3) is 0.769. The lowest BCUT2D eigenvalue weighted by atomic mass is 10.0. The molecule has 0 fully saturated rings. The van der Waals surface area contributed by atoms with E-state index in [1.54, 1.807) is 0 Å². The molecule has 0 amide bonds. The SMILES string of the molecule is CCCC(=O)CCC(=O)CCC(=O)C(N)CCN. The number of rotatable bonds is 11. The number of Topliss-reactive ketones (excluding diaryl/α,β-unsaturated/α-hetero) is 3. The van der Waals surface area contributed by atoms with Crippen LogP contribution >= 0.6 is 0 Å². The van der Waals surface area contributed by atoms with Crippen molar-refractivity contribution in [1.29, 1.82) is 0 Å². The largest absolute Gasteiger partial charge is 0.330 e. The molecule has 0 heterocycles. The standard InChI is InChI=1S/C13H24N2O3/c1-2-3-10(16)4-5-11(17)6-7-13(18)12(15)8-9-14/h12H,2-9,14-15H2,1H3. The lowest BCUT2D eigenvalue weighted by Crippen LogP contribution is -2.32. The molecule has 0 bridgehead atoms. The normalized spacial score (nSPS) is 12.2. The summed E-state index contributed by atoms with van der Waals surface area (Å²) < 4.78 is 0. The molecular weight excluding hydrogens is 232 g/mol. The van der Waals surface area contributed by atoms with E-state index in [-0.39, 0.29) is 43.0 Å². The number of ketones is 3. The van der Waals surface area contributed by atoms with Gasteiger partial charge >= 0.3 is 0 Å². The summed E-state index contributed by atoms with van der Waals surface area (Å²) in [6.07, 6.45) is 2.63. The second kappa shape index (κ2) is 9.91. The molecular formula is C13H24N2O3. The smallest absolute Gasteiger partial charge is 0.150 e. The Labute approximate surface area is 108 Å². The summed E-state index contributed by atoms with van der Waals surface area (Å²) in [5, 5.41) is 0. The Morgan fingerprint density at radius 1 is 0.944 bits per heavy atom. The van der Waals surface area contributed by atoms with E-state index in [1.807, 2.05) is 6.92 Å². The highest BCUT2D eigenvalue weighted by atomic mass is 16.1. The van der Waals surface area contributed by atoms with Crippen molar-refractivity contribution in [3.05, 3.63) is 0 Å². The van der Waals surface area contributed by atoms with Gasteiger partial charge in [-0.25, -0.2) is 0 Å². The van der Waals surface area contributed by atoms with E-state index in [0.717, 1.165) is 6.42 Å². The number of carbonyl (C=O) groups is 3. The van der Waals surface area contributed by atoms with Gasteiger partial charge in [0.25, 0.3) is 0 Å². The van der Waals surface area contributed by atoms with Crippen molar-refractivity contribution in [3.8, 4) is 0 Å². The van der Waals surface area contributed by atoms with Crippen LogP contribution < -0.4 is 11.5 Å². The van der Waals surface area contributed by atoms with Gasteiger partial charge in [-0.1, -0.05) is 6.92 Å². The predicted octanol–water partition coefficient (Wildman–Crippen LogP) is 0.730. The molecule has 0 saturated carbocycles. The van der Waals surface area contributed by atoms with Crippen molar-refractivity contribution in [3.63, 3.8) is 0 Å². The molecule has 4 N–H and O–H groups in total. The van der Waals surface area contributed by atoms with Crippen LogP contribution in [0.15, 0.2) is 0 Å². The Morgan fingerprint density at radius 2 is 1.44 bits per heavy atom. The average molecular weight is 256 g/mol. The first-order valence-electron chi connectivity index (χ1n) is 6.53. The highest BCUT2D eigenvalue weighted by Gasteiger charge is 2.14. The van der Waals surface area contributed by atoms with Crippen molar-refractivity contribution >= 4 is 17.3 Å². The van der Waals surface area contributed by atoms with Crippen LogP contribution in [0.2, 0.25) is 0 Å². The Balaban J connectivity index is 3.76. The van der Waals surface area contributed by atoms with Gasteiger partial charge in [-0.05, 0) is 19.4 Å². The van der Waals surface area contributed by atoms with Crippen LogP contribution in [0.5, 0.6) is 0 Å². The third-order valence-electron chi connectivity index (χ3n) is 2.75. The van der Waals surface area contributed by atoms with E-state index in [2.05, 4.69) is 0 Å². The molecule has 0 aromatic carbocycles. The predicted molar refractivity (Wildman–Crippen MR) is 70.0 cm³/mol. The van der Waals surface area contributed by atoms with E-state index < -0.39 is 6.04 Å². The molecule has 0 spiro atoms. The molecule has 0 rings (SSSR count). The molecule has 5 heteroatoms. The van der Waals surface area contributed by atoms with Crippen LogP contribution in [0.3, 0.4) is 0 Å². The number of hydrogen-bond acceptors (Lipinski definition) is 5. The molecule has 18 heavy (non-hydrogen) atoms. The molecule has 104 valence electrons. The second-order valence-corrected chi connectivity index (χ2v) is 4.48. The first-order valence-corrected chi connectivity index (χ1v) is 6.53. The number of hydrogen-bond donors (Lipinski definition) is 2.